The van der Waals surface area contributed by atoms with Crippen molar-refractivity contribution in [3.8, 4) is 0 Å². The number of rotatable bonds is 2. The zero-order valence-corrected chi connectivity index (χ0v) is 6.46. The van der Waals surface area contributed by atoms with Gasteiger partial charge in [0.15, 0.2) is 0 Å². The zero-order valence-electron chi connectivity index (χ0n) is 6.46. The number of hydrogen-bond acceptors (Lipinski definition) is 3. The summed E-state index contributed by atoms with van der Waals surface area (Å²) < 4.78 is 0. The van der Waals surface area contributed by atoms with Gasteiger partial charge in [-0.25, -0.2) is 9.78 Å². The van der Waals surface area contributed by atoms with Crippen LogP contribution in [0.4, 0.5) is 0 Å². The average molecular weight is 146 g/mol. The van der Waals surface area contributed by atoms with Crippen LogP contribution < -0.4 is 0 Å². The highest BCUT2D eigenvalue weighted by Crippen LogP contribution is 2.30. The summed E-state index contributed by atoms with van der Waals surface area (Å²) in [6, 6.07) is 0. The molecule has 60 valence electrons. The van der Waals surface area contributed by atoms with E-state index < -0.39 is 0 Å². The van der Waals surface area contributed by atoms with E-state index in [2.05, 4.69) is 0 Å². The van der Waals surface area contributed by atoms with Crippen molar-refractivity contribution in [1.29, 1.82) is 0 Å². The summed E-state index contributed by atoms with van der Waals surface area (Å²) in [6.07, 6.45) is 0.870. The summed E-state index contributed by atoms with van der Waals surface area (Å²) in [5.74, 6) is 0.148. The van der Waals surface area contributed by atoms with Gasteiger partial charge < -0.3 is 5.11 Å². The first-order valence-electron chi connectivity index (χ1n) is 3.60. The molecule has 1 fully saturated rings. The summed E-state index contributed by atoms with van der Waals surface area (Å²) in [7, 11) is 0. The number of aliphatic hydroxyl groups is 1. The normalized spacial score (nSPS) is 36.3. The zero-order chi connectivity index (χ0) is 7.61. The second-order valence-corrected chi connectivity index (χ2v) is 3.05. The smallest absolute Gasteiger partial charge is 0.108 e. The highest BCUT2D eigenvalue weighted by Gasteiger charge is 2.37. The Kier molecular flexibility index (Phi) is 2.28. The third kappa shape index (κ3) is 1.31. The van der Waals surface area contributed by atoms with Crippen molar-refractivity contribution in [2.24, 2.45) is 5.92 Å². The van der Waals surface area contributed by atoms with Gasteiger partial charge in [0.25, 0.3) is 0 Å². The van der Waals surface area contributed by atoms with Crippen LogP contribution >= 0.6 is 0 Å². The molecule has 10 heavy (non-hydrogen) atoms. The van der Waals surface area contributed by atoms with E-state index in [-0.39, 0.29) is 18.1 Å². The van der Waals surface area contributed by atoms with Gasteiger partial charge in [-0.1, -0.05) is 6.92 Å². The molecule has 1 aliphatic rings. The van der Waals surface area contributed by atoms with Gasteiger partial charge in [0, 0.05) is 18.9 Å². The molecule has 0 spiro atoms. The van der Waals surface area contributed by atoms with Crippen LogP contribution in [-0.2, 0) is 9.78 Å². The fourth-order valence-corrected chi connectivity index (χ4v) is 0.984. The fraction of sp³-hybridized carbons (Fsp3) is 1.00. The summed E-state index contributed by atoms with van der Waals surface area (Å²) >= 11 is 0. The summed E-state index contributed by atoms with van der Waals surface area (Å²) in [6.45, 7) is 4.70. The van der Waals surface area contributed by atoms with Crippen molar-refractivity contribution in [3.05, 3.63) is 0 Å². The lowest BCUT2D eigenvalue weighted by Crippen LogP contribution is -2.33. The Morgan fingerprint density at radius 2 is 2.40 bits per heavy atom. The Labute approximate surface area is 60.9 Å². The SMILES string of the molecule is CC(CO)C1(C)CCOO1. The molecular formula is C7H14O3. The van der Waals surface area contributed by atoms with Gasteiger partial charge in [-0.15, -0.1) is 0 Å². The van der Waals surface area contributed by atoms with Gasteiger partial charge in [0.1, 0.15) is 5.60 Å². The van der Waals surface area contributed by atoms with Crippen LogP contribution in [0.25, 0.3) is 0 Å². The first kappa shape index (κ1) is 7.98. The topological polar surface area (TPSA) is 38.7 Å². The monoisotopic (exact) mass is 146 g/mol. The summed E-state index contributed by atoms with van der Waals surface area (Å²) in [4.78, 5) is 9.81. The van der Waals surface area contributed by atoms with E-state index in [0.717, 1.165) is 6.42 Å². The minimum atomic E-state index is -0.269. The van der Waals surface area contributed by atoms with E-state index in [1.807, 2.05) is 13.8 Å². The van der Waals surface area contributed by atoms with Crippen molar-refractivity contribution in [3.63, 3.8) is 0 Å². The molecule has 2 atom stereocenters. The highest BCUT2D eigenvalue weighted by molar-refractivity contribution is 4.81. The van der Waals surface area contributed by atoms with E-state index in [9.17, 15) is 0 Å². The van der Waals surface area contributed by atoms with Crippen molar-refractivity contribution < 1.29 is 14.9 Å². The van der Waals surface area contributed by atoms with Crippen molar-refractivity contribution in [2.45, 2.75) is 25.9 Å². The van der Waals surface area contributed by atoms with Crippen molar-refractivity contribution in [1.82, 2.24) is 0 Å². The summed E-state index contributed by atoms with van der Waals surface area (Å²) in [5.41, 5.74) is -0.269. The summed E-state index contributed by atoms with van der Waals surface area (Å²) in [5, 5.41) is 8.82. The van der Waals surface area contributed by atoms with Crippen molar-refractivity contribution >= 4 is 0 Å². The maximum absolute atomic E-state index is 8.82. The van der Waals surface area contributed by atoms with Crippen LogP contribution in [0.15, 0.2) is 0 Å². The molecule has 3 heteroatoms. The third-order valence-corrected chi connectivity index (χ3v) is 2.25. The van der Waals surface area contributed by atoms with Gasteiger partial charge >= 0.3 is 0 Å². The Morgan fingerprint density at radius 3 is 2.80 bits per heavy atom. The molecule has 1 N–H and O–H groups in total. The van der Waals surface area contributed by atoms with Crippen LogP contribution in [0.1, 0.15) is 20.3 Å². The first-order chi connectivity index (χ1) is 4.69. The Balaban J connectivity index is 2.49. The quantitative estimate of drug-likeness (QED) is 0.583. The molecule has 2 unspecified atom stereocenters. The van der Waals surface area contributed by atoms with Gasteiger partial charge in [-0.3, -0.25) is 0 Å². The predicted molar refractivity (Wildman–Crippen MR) is 36.3 cm³/mol. The minimum Gasteiger partial charge on any atom is -0.396 e. The van der Waals surface area contributed by atoms with E-state index >= 15 is 0 Å². The van der Waals surface area contributed by atoms with Gasteiger partial charge in [-0.05, 0) is 6.92 Å². The van der Waals surface area contributed by atoms with Gasteiger partial charge in [0.2, 0.25) is 0 Å². The van der Waals surface area contributed by atoms with Gasteiger partial charge in [0.05, 0.1) is 6.61 Å². The van der Waals surface area contributed by atoms with Gasteiger partial charge in [-0.2, -0.15) is 0 Å². The van der Waals surface area contributed by atoms with Crippen LogP contribution in [-0.4, -0.2) is 23.9 Å². The van der Waals surface area contributed by atoms with E-state index in [1.54, 1.807) is 0 Å². The lowest BCUT2D eigenvalue weighted by molar-refractivity contribution is -0.316. The first-order valence-corrected chi connectivity index (χ1v) is 3.60. The minimum absolute atomic E-state index is 0.148. The molecule has 0 amide bonds. The van der Waals surface area contributed by atoms with E-state index in [1.165, 1.54) is 0 Å². The Bertz CT molecular complexity index is 107. The van der Waals surface area contributed by atoms with Crippen molar-refractivity contribution in [2.75, 3.05) is 13.2 Å². The average Bonchev–Trinajstić information content (AvgIpc) is 2.36. The fourth-order valence-electron chi connectivity index (χ4n) is 0.984. The van der Waals surface area contributed by atoms with E-state index in [0.29, 0.717) is 6.61 Å². The molecule has 1 rings (SSSR count). The molecule has 1 saturated heterocycles. The second kappa shape index (κ2) is 2.86. The van der Waals surface area contributed by atoms with Crippen LogP contribution in [0.5, 0.6) is 0 Å². The standard InChI is InChI=1S/C7H14O3/c1-6(5-8)7(2)3-4-9-10-7/h6,8H,3-5H2,1-2H3. The molecule has 0 aliphatic carbocycles. The molecular weight excluding hydrogens is 132 g/mol. The van der Waals surface area contributed by atoms with Crippen LogP contribution in [0.2, 0.25) is 0 Å². The molecule has 0 aromatic carbocycles. The number of aliphatic hydroxyl groups excluding tert-OH is 1. The molecule has 3 nitrogen and oxygen atoms in total. The number of hydrogen-bond donors (Lipinski definition) is 1. The lowest BCUT2D eigenvalue weighted by atomic mass is 9.89. The molecule has 0 saturated carbocycles. The van der Waals surface area contributed by atoms with Crippen LogP contribution in [0, 0.1) is 5.92 Å². The molecule has 0 bridgehead atoms. The predicted octanol–water partition coefficient (Wildman–Crippen LogP) is 0.725. The molecule has 1 aliphatic heterocycles. The Morgan fingerprint density at radius 1 is 1.70 bits per heavy atom. The largest absolute Gasteiger partial charge is 0.396 e. The molecule has 0 aromatic rings. The third-order valence-electron chi connectivity index (χ3n) is 2.25. The molecule has 0 aromatic heterocycles. The highest BCUT2D eigenvalue weighted by atomic mass is 17.2. The van der Waals surface area contributed by atoms with E-state index in [4.69, 9.17) is 14.9 Å². The molecule has 1 heterocycles. The van der Waals surface area contributed by atoms with Crippen LogP contribution in [0.3, 0.4) is 0 Å². The Hall–Kier alpha value is -0.120. The maximum Gasteiger partial charge on any atom is 0.108 e. The lowest BCUT2D eigenvalue weighted by Gasteiger charge is -2.25. The second-order valence-electron chi connectivity index (χ2n) is 3.05. The molecule has 0 radical (unpaired) electrons. The maximum atomic E-state index is 8.82.